The lowest BCUT2D eigenvalue weighted by molar-refractivity contribution is -0.129. The molecule has 3 amide bonds. The Bertz CT molecular complexity index is 1070. The van der Waals surface area contributed by atoms with Crippen LogP contribution in [0.25, 0.3) is 0 Å². The number of benzene rings is 2. The van der Waals surface area contributed by atoms with Gasteiger partial charge in [0.2, 0.25) is 17.7 Å². The summed E-state index contributed by atoms with van der Waals surface area (Å²) < 4.78 is 0. The van der Waals surface area contributed by atoms with Gasteiger partial charge in [-0.15, -0.1) is 0 Å². The van der Waals surface area contributed by atoms with Gasteiger partial charge in [-0.05, 0) is 29.8 Å². The van der Waals surface area contributed by atoms with Crippen molar-refractivity contribution in [3.8, 4) is 0 Å². The molecule has 1 aliphatic rings. The third-order valence-electron chi connectivity index (χ3n) is 5.40. The van der Waals surface area contributed by atoms with Crippen LogP contribution in [-0.2, 0) is 20.8 Å². The van der Waals surface area contributed by atoms with Gasteiger partial charge in [0, 0.05) is 31.3 Å². The lowest BCUT2D eigenvalue weighted by Crippen LogP contribution is -2.47. The Kier molecular flexibility index (Phi) is 6.55. The van der Waals surface area contributed by atoms with Gasteiger partial charge in [0.1, 0.15) is 11.9 Å². The fourth-order valence-corrected chi connectivity index (χ4v) is 3.74. The van der Waals surface area contributed by atoms with Crippen LogP contribution in [0, 0.1) is 5.92 Å². The number of para-hydroxylation sites is 1. The topological polar surface area (TPSA) is 91.4 Å². The van der Waals surface area contributed by atoms with Crippen molar-refractivity contribution < 1.29 is 14.4 Å². The molecule has 2 heterocycles. The van der Waals surface area contributed by atoms with E-state index in [2.05, 4.69) is 15.6 Å². The Morgan fingerprint density at radius 2 is 1.66 bits per heavy atom. The highest BCUT2D eigenvalue weighted by Gasteiger charge is 2.36. The molecule has 7 heteroatoms. The molecule has 0 spiro atoms. The van der Waals surface area contributed by atoms with E-state index >= 15 is 0 Å². The number of amides is 3. The van der Waals surface area contributed by atoms with Gasteiger partial charge >= 0.3 is 0 Å². The third-order valence-corrected chi connectivity index (χ3v) is 5.40. The molecular formula is C25H24N4O3. The minimum atomic E-state index is -0.798. The summed E-state index contributed by atoms with van der Waals surface area (Å²) in [6.45, 7) is 0.286. The van der Waals surface area contributed by atoms with Crippen LogP contribution in [0.15, 0.2) is 85.1 Å². The van der Waals surface area contributed by atoms with E-state index < -0.39 is 12.0 Å². The summed E-state index contributed by atoms with van der Waals surface area (Å²) in [5.74, 6) is -0.882. The van der Waals surface area contributed by atoms with Crippen molar-refractivity contribution >= 4 is 29.2 Å². The average molecular weight is 428 g/mol. The van der Waals surface area contributed by atoms with E-state index in [1.54, 1.807) is 29.3 Å². The van der Waals surface area contributed by atoms with Crippen LogP contribution < -0.4 is 15.5 Å². The normalized spacial score (nSPS) is 16.4. The first-order valence-corrected chi connectivity index (χ1v) is 10.5. The zero-order valence-electron chi connectivity index (χ0n) is 17.5. The lowest BCUT2D eigenvalue weighted by Gasteiger charge is -2.21. The molecule has 0 radical (unpaired) electrons. The van der Waals surface area contributed by atoms with E-state index in [1.165, 1.54) is 0 Å². The molecule has 2 aromatic carbocycles. The molecule has 2 atom stereocenters. The second-order valence-corrected chi connectivity index (χ2v) is 7.70. The summed E-state index contributed by atoms with van der Waals surface area (Å²) in [6.07, 6.45) is 2.03. The fraction of sp³-hybridized carbons (Fsp3) is 0.200. The Morgan fingerprint density at radius 3 is 2.34 bits per heavy atom. The van der Waals surface area contributed by atoms with Gasteiger partial charge < -0.3 is 15.5 Å². The van der Waals surface area contributed by atoms with Crippen molar-refractivity contribution in [2.24, 2.45) is 5.92 Å². The summed E-state index contributed by atoms with van der Waals surface area (Å²) in [4.78, 5) is 44.3. The van der Waals surface area contributed by atoms with Crippen molar-refractivity contribution in [1.29, 1.82) is 0 Å². The molecule has 162 valence electrons. The van der Waals surface area contributed by atoms with Crippen LogP contribution in [0.4, 0.5) is 11.5 Å². The maximum absolute atomic E-state index is 13.0. The molecule has 1 fully saturated rings. The number of hydrogen-bond acceptors (Lipinski definition) is 4. The molecule has 0 saturated carbocycles. The third kappa shape index (κ3) is 5.18. The molecule has 1 aromatic heterocycles. The highest BCUT2D eigenvalue weighted by Crippen LogP contribution is 2.25. The van der Waals surface area contributed by atoms with E-state index in [9.17, 15) is 14.4 Å². The summed E-state index contributed by atoms with van der Waals surface area (Å²) in [6, 6.07) is 23.2. The Balaban J connectivity index is 1.47. The number of rotatable bonds is 7. The molecule has 1 saturated heterocycles. The van der Waals surface area contributed by atoms with E-state index in [0.717, 1.165) is 11.3 Å². The highest BCUT2D eigenvalue weighted by molar-refractivity contribution is 6.02. The standard InChI is InChI=1S/C25H24N4O3/c30-23-16-19(17-29(23)20-11-5-2-6-12-20)24(31)27-21(15-18-9-3-1-4-10-18)25(32)28-22-13-7-8-14-26-22/h1-14,19,21H,15-17H2,(H,27,31)(H,26,28,32). The molecule has 7 nitrogen and oxygen atoms in total. The summed E-state index contributed by atoms with van der Waals surface area (Å²) in [5.41, 5.74) is 1.68. The predicted octanol–water partition coefficient (Wildman–Crippen LogP) is 2.80. The van der Waals surface area contributed by atoms with Crippen molar-refractivity contribution in [1.82, 2.24) is 10.3 Å². The van der Waals surface area contributed by atoms with Gasteiger partial charge in [-0.1, -0.05) is 54.6 Å². The Labute approximate surface area is 186 Å². The van der Waals surface area contributed by atoms with Crippen LogP contribution in [0.5, 0.6) is 0 Å². The zero-order valence-corrected chi connectivity index (χ0v) is 17.5. The quantitative estimate of drug-likeness (QED) is 0.605. The number of nitrogens with one attached hydrogen (secondary N) is 2. The van der Waals surface area contributed by atoms with E-state index in [1.807, 2.05) is 60.7 Å². The van der Waals surface area contributed by atoms with E-state index in [0.29, 0.717) is 12.2 Å². The van der Waals surface area contributed by atoms with Crippen LogP contribution in [-0.4, -0.2) is 35.3 Å². The molecular weight excluding hydrogens is 404 g/mol. The van der Waals surface area contributed by atoms with Crippen molar-refractivity contribution in [2.45, 2.75) is 18.9 Å². The maximum atomic E-state index is 13.0. The maximum Gasteiger partial charge on any atom is 0.248 e. The second kappa shape index (κ2) is 9.87. The van der Waals surface area contributed by atoms with Gasteiger partial charge in [0.15, 0.2) is 0 Å². The molecule has 1 aliphatic heterocycles. The first-order valence-electron chi connectivity index (χ1n) is 10.5. The fourth-order valence-electron chi connectivity index (χ4n) is 3.74. The van der Waals surface area contributed by atoms with Gasteiger partial charge in [0.25, 0.3) is 0 Å². The predicted molar refractivity (Wildman–Crippen MR) is 122 cm³/mol. The summed E-state index contributed by atoms with van der Waals surface area (Å²) in [5, 5.41) is 5.62. The van der Waals surface area contributed by atoms with Crippen LogP contribution in [0.3, 0.4) is 0 Å². The lowest BCUT2D eigenvalue weighted by atomic mass is 10.0. The van der Waals surface area contributed by atoms with Gasteiger partial charge in [-0.3, -0.25) is 14.4 Å². The molecule has 3 aromatic rings. The zero-order chi connectivity index (χ0) is 22.3. The number of aromatic nitrogens is 1. The van der Waals surface area contributed by atoms with Crippen LogP contribution in [0.2, 0.25) is 0 Å². The van der Waals surface area contributed by atoms with Gasteiger partial charge in [0.05, 0.1) is 5.92 Å². The number of nitrogens with zero attached hydrogens (tertiary/aromatic N) is 2. The van der Waals surface area contributed by atoms with E-state index in [4.69, 9.17) is 0 Å². The molecule has 2 unspecified atom stereocenters. The summed E-state index contributed by atoms with van der Waals surface area (Å²) in [7, 11) is 0. The number of carbonyl (C=O) groups excluding carboxylic acids is 3. The van der Waals surface area contributed by atoms with Gasteiger partial charge in [-0.2, -0.15) is 0 Å². The Morgan fingerprint density at radius 1 is 0.969 bits per heavy atom. The van der Waals surface area contributed by atoms with Crippen LogP contribution >= 0.6 is 0 Å². The minimum Gasteiger partial charge on any atom is -0.344 e. The molecule has 0 aliphatic carbocycles. The highest BCUT2D eigenvalue weighted by atomic mass is 16.2. The monoisotopic (exact) mass is 428 g/mol. The first-order chi connectivity index (χ1) is 15.6. The SMILES string of the molecule is O=C(NC(Cc1ccccc1)C(=O)Nc1ccccn1)C1CC(=O)N(c2ccccc2)C1. The van der Waals surface area contributed by atoms with Crippen molar-refractivity contribution in [3.05, 3.63) is 90.6 Å². The van der Waals surface area contributed by atoms with Crippen molar-refractivity contribution in [3.63, 3.8) is 0 Å². The number of hydrogen-bond donors (Lipinski definition) is 2. The smallest absolute Gasteiger partial charge is 0.248 e. The average Bonchev–Trinajstić information content (AvgIpc) is 3.22. The number of anilines is 2. The largest absolute Gasteiger partial charge is 0.344 e. The molecule has 32 heavy (non-hydrogen) atoms. The number of pyridine rings is 1. The summed E-state index contributed by atoms with van der Waals surface area (Å²) >= 11 is 0. The van der Waals surface area contributed by atoms with Crippen molar-refractivity contribution in [2.75, 3.05) is 16.8 Å². The Hall–Kier alpha value is -4.00. The first kappa shape index (κ1) is 21.2. The van der Waals surface area contributed by atoms with E-state index in [-0.39, 0.29) is 30.7 Å². The molecule has 0 bridgehead atoms. The van der Waals surface area contributed by atoms with Crippen LogP contribution in [0.1, 0.15) is 12.0 Å². The second-order valence-electron chi connectivity index (χ2n) is 7.70. The van der Waals surface area contributed by atoms with Gasteiger partial charge in [-0.25, -0.2) is 4.98 Å². The molecule has 2 N–H and O–H groups in total. The molecule has 4 rings (SSSR count). The number of carbonyl (C=O) groups is 3. The minimum absolute atomic E-state index is 0.103.